The molecule has 0 radical (unpaired) electrons. The van der Waals surface area contributed by atoms with E-state index in [9.17, 15) is 4.79 Å². The van der Waals surface area contributed by atoms with Gasteiger partial charge < -0.3 is 0 Å². The highest BCUT2D eigenvalue weighted by atomic mass is 32.1. The number of aryl methyl sites for hydroxylation is 1. The Labute approximate surface area is 84.6 Å². The van der Waals surface area contributed by atoms with E-state index in [0.29, 0.717) is 12.2 Å². The minimum absolute atomic E-state index is 0.201. The fourth-order valence-corrected chi connectivity index (χ4v) is 1.54. The van der Waals surface area contributed by atoms with Gasteiger partial charge in [0.05, 0.1) is 0 Å². The number of carbonyl (C=O) groups is 1. The average molecular weight is 194 g/mol. The Kier molecular flexibility index (Phi) is 4.03. The maximum atomic E-state index is 11.6. The number of Topliss-reactive ketones (excluding diaryl/α,β-unsaturated/α-hetero) is 1. The molecule has 0 saturated carbocycles. The Morgan fingerprint density at radius 2 is 2.08 bits per heavy atom. The smallest absolute Gasteiger partial charge is 0.163 e. The quantitative estimate of drug-likeness (QED) is 0.576. The minimum Gasteiger partial charge on any atom is -0.294 e. The molecule has 0 unspecified atom stereocenters. The lowest BCUT2D eigenvalue weighted by molar-refractivity contribution is 0.0989. The second-order valence-electron chi connectivity index (χ2n) is 2.91. The molecule has 0 aliphatic carbocycles. The Morgan fingerprint density at radius 3 is 2.69 bits per heavy atom. The van der Waals surface area contributed by atoms with Crippen LogP contribution in [0.15, 0.2) is 24.3 Å². The van der Waals surface area contributed by atoms with Gasteiger partial charge in [0.15, 0.2) is 5.78 Å². The van der Waals surface area contributed by atoms with E-state index in [4.69, 9.17) is 0 Å². The lowest BCUT2D eigenvalue weighted by Gasteiger charge is -2.04. The Hall–Kier alpha value is -0.760. The third-order valence-electron chi connectivity index (χ3n) is 2.04. The van der Waals surface area contributed by atoms with E-state index in [2.05, 4.69) is 19.6 Å². The molecule has 0 N–H and O–H groups in total. The molecule has 0 aromatic heterocycles. The van der Waals surface area contributed by atoms with E-state index < -0.39 is 0 Å². The van der Waals surface area contributed by atoms with Crippen molar-refractivity contribution < 1.29 is 4.79 Å². The molecule has 2 heteroatoms. The SMILES string of the molecule is CCc1ccccc1C(=O)CCS. The molecule has 1 aromatic rings. The summed E-state index contributed by atoms with van der Waals surface area (Å²) in [4.78, 5) is 11.6. The van der Waals surface area contributed by atoms with Gasteiger partial charge >= 0.3 is 0 Å². The van der Waals surface area contributed by atoms with Crippen molar-refractivity contribution in [3.05, 3.63) is 35.4 Å². The van der Waals surface area contributed by atoms with Gasteiger partial charge in [-0.2, -0.15) is 12.6 Å². The highest BCUT2D eigenvalue weighted by Crippen LogP contribution is 2.11. The number of hydrogen-bond acceptors (Lipinski definition) is 2. The fraction of sp³-hybridized carbons (Fsp3) is 0.364. The molecule has 70 valence electrons. The number of hydrogen-bond donors (Lipinski definition) is 1. The molecular weight excluding hydrogens is 180 g/mol. The van der Waals surface area contributed by atoms with E-state index in [1.54, 1.807) is 0 Å². The first kappa shape index (κ1) is 10.3. The largest absolute Gasteiger partial charge is 0.294 e. The summed E-state index contributed by atoms with van der Waals surface area (Å²) in [6.07, 6.45) is 1.44. The van der Waals surface area contributed by atoms with Crippen LogP contribution < -0.4 is 0 Å². The zero-order valence-corrected chi connectivity index (χ0v) is 8.68. The zero-order chi connectivity index (χ0) is 9.68. The maximum Gasteiger partial charge on any atom is 0.163 e. The summed E-state index contributed by atoms with van der Waals surface area (Å²) in [6, 6.07) is 7.78. The topological polar surface area (TPSA) is 17.1 Å². The highest BCUT2D eigenvalue weighted by Gasteiger charge is 2.07. The van der Waals surface area contributed by atoms with Crippen LogP contribution in [-0.2, 0) is 6.42 Å². The lowest BCUT2D eigenvalue weighted by atomic mass is 10.0. The Balaban J connectivity index is 2.92. The van der Waals surface area contributed by atoms with Crippen LogP contribution in [-0.4, -0.2) is 11.5 Å². The number of thiol groups is 1. The van der Waals surface area contributed by atoms with Crippen molar-refractivity contribution in [2.45, 2.75) is 19.8 Å². The van der Waals surface area contributed by atoms with Gasteiger partial charge in [-0.1, -0.05) is 31.2 Å². The standard InChI is InChI=1S/C11H14OS/c1-2-9-5-3-4-6-10(9)11(12)7-8-13/h3-6,13H,2,7-8H2,1H3. The monoisotopic (exact) mass is 194 g/mol. The van der Waals surface area contributed by atoms with Crippen molar-refractivity contribution in [2.75, 3.05) is 5.75 Å². The molecule has 0 aliphatic rings. The molecule has 0 aliphatic heterocycles. The number of carbonyl (C=O) groups excluding carboxylic acids is 1. The van der Waals surface area contributed by atoms with Crippen LogP contribution in [0.1, 0.15) is 29.3 Å². The predicted molar refractivity (Wildman–Crippen MR) is 58.6 cm³/mol. The van der Waals surface area contributed by atoms with Gasteiger partial charge in [-0.05, 0) is 17.7 Å². The molecule has 0 spiro atoms. The summed E-state index contributed by atoms with van der Waals surface area (Å²) < 4.78 is 0. The summed E-state index contributed by atoms with van der Waals surface area (Å²) in [5.74, 6) is 0.823. The van der Waals surface area contributed by atoms with Crippen molar-refractivity contribution in [3.8, 4) is 0 Å². The van der Waals surface area contributed by atoms with Gasteiger partial charge in [-0.15, -0.1) is 0 Å². The van der Waals surface area contributed by atoms with E-state index in [0.717, 1.165) is 17.5 Å². The Morgan fingerprint density at radius 1 is 1.38 bits per heavy atom. The van der Waals surface area contributed by atoms with Crippen LogP contribution in [0.25, 0.3) is 0 Å². The summed E-state index contributed by atoms with van der Waals surface area (Å²) in [7, 11) is 0. The van der Waals surface area contributed by atoms with Gasteiger partial charge in [0.1, 0.15) is 0 Å². The second kappa shape index (κ2) is 5.07. The van der Waals surface area contributed by atoms with Crippen LogP contribution in [0.4, 0.5) is 0 Å². The average Bonchev–Trinajstić information content (AvgIpc) is 2.18. The Bertz CT molecular complexity index is 294. The normalized spacial score (nSPS) is 10.0. The molecular formula is C11H14OS. The van der Waals surface area contributed by atoms with Crippen molar-refractivity contribution in [1.29, 1.82) is 0 Å². The van der Waals surface area contributed by atoms with Crippen LogP contribution >= 0.6 is 12.6 Å². The predicted octanol–water partition coefficient (Wildman–Crippen LogP) is 2.75. The molecule has 1 nitrogen and oxygen atoms in total. The van der Waals surface area contributed by atoms with Gasteiger partial charge in [0.25, 0.3) is 0 Å². The van der Waals surface area contributed by atoms with E-state index in [-0.39, 0.29) is 5.78 Å². The van der Waals surface area contributed by atoms with Gasteiger partial charge in [-0.3, -0.25) is 4.79 Å². The van der Waals surface area contributed by atoms with Crippen LogP contribution in [0.3, 0.4) is 0 Å². The molecule has 0 atom stereocenters. The molecule has 1 rings (SSSR count). The minimum atomic E-state index is 0.201. The first-order chi connectivity index (χ1) is 6.29. The third kappa shape index (κ3) is 2.59. The molecule has 0 saturated heterocycles. The third-order valence-corrected chi connectivity index (χ3v) is 2.26. The summed E-state index contributed by atoms with van der Waals surface area (Å²) in [5.41, 5.74) is 1.99. The van der Waals surface area contributed by atoms with Crippen molar-refractivity contribution in [1.82, 2.24) is 0 Å². The van der Waals surface area contributed by atoms with Crippen molar-refractivity contribution in [3.63, 3.8) is 0 Å². The first-order valence-electron chi connectivity index (χ1n) is 4.51. The van der Waals surface area contributed by atoms with Crippen LogP contribution in [0.2, 0.25) is 0 Å². The van der Waals surface area contributed by atoms with Gasteiger partial charge in [0, 0.05) is 12.0 Å². The lowest BCUT2D eigenvalue weighted by Crippen LogP contribution is -2.03. The number of ketones is 1. The second-order valence-corrected chi connectivity index (χ2v) is 3.35. The fourth-order valence-electron chi connectivity index (χ4n) is 1.34. The van der Waals surface area contributed by atoms with Crippen LogP contribution in [0.5, 0.6) is 0 Å². The van der Waals surface area contributed by atoms with Crippen LogP contribution in [0, 0.1) is 0 Å². The molecule has 13 heavy (non-hydrogen) atoms. The maximum absolute atomic E-state index is 11.6. The molecule has 0 heterocycles. The van der Waals surface area contributed by atoms with Crippen molar-refractivity contribution >= 4 is 18.4 Å². The molecule has 0 bridgehead atoms. The summed E-state index contributed by atoms with van der Waals surface area (Å²) in [5, 5.41) is 0. The van der Waals surface area contributed by atoms with Gasteiger partial charge in [0.2, 0.25) is 0 Å². The molecule has 0 amide bonds. The highest BCUT2D eigenvalue weighted by molar-refractivity contribution is 7.80. The van der Waals surface area contributed by atoms with Gasteiger partial charge in [-0.25, -0.2) is 0 Å². The molecule has 0 fully saturated rings. The number of benzene rings is 1. The van der Waals surface area contributed by atoms with E-state index in [1.807, 2.05) is 24.3 Å². The van der Waals surface area contributed by atoms with E-state index >= 15 is 0 Å². The number of rotatable bonds is 4. The van der Waals surface area contributed by atoms with E-state index in [1.165, 1.54) is 0 Å². The zero-order valence-electron chi connectivity index (χ0n) is 7.79. The van der Waals surface area contributed by atoms with Crippen molar-refractivity contribution in [2.24, 2.45) is 0 Å². The summed E-state index contributed by atoms with van der Waals surface area (Å²) >= 11 is 4.05. The first-order valence-corrected chi connectivity index (χ1v) is 5.14. The summed E-state index contributed by atoms with van der Waals surface area (Å²) in [6.45, 7) is 2.06. The molecule has 1 aromatic carbocycles.